The van der Waals surface area contributed by atoms with Crippen LogP contribution in [0.2, 0.25) is 0 Å². The lowest BCUT2D eigenvalue weighted by atomic mass is 10.1. The monoisotopic (exact) mass is 176 g/mol. The topological polar surface area (TPSA) is 20.2 Å². The third-order valence-electron chi connectivity index (χ3n) is 6.67. The molecule has 2 unspecified atom stereocenters. The minimum Gasteiger partial charge on any atom is -0.396 e. The summed E-state index contributed by atoms with van der Waals surface area (Å²) < 4.78 is 0. The van der Waals surface area contributed by atoms with E-state index in [0.29, 0.717) is 6.61 Å². The van der Waals surface area contributed by atoms with Crippen molar-refractivity contribution in [2.45, 2.75) is 38.5 Å². The number of hydrogen-bond donors (Lipinski definition) is 1. The second-order valence-electron chi connectivity index (χ2n) is 6.59. The third-order valence-corrected chi connectivity index (χ3v) is 6.67. The van der Waals surface area contributed by atoms with E-state index in [0.717, 1.165) is 27.6 Å². The fourth-order valence-corrected chi connectivity index (χ4v) is 5.78. The number of aliphatic hydroxyl groups excluding tert-OH is 1. The van der Waals surface area contributed by atoms with Crippen molar-refractivity contribution in [3.8, 4) is 0 Å². The highest BCUT2D eigenvalue weighted by Crippen LogP contribution is 3.10. The smallest absolute Gasteiger partial charge is 0.0470 e. The van der Waals surface area contributed by atoms with Gasteiger partial charge >= 0.3 is 0 Å². The molecule has 0 radical (unpaired) electrons. The molecule has 0 saturated heterocycles. The Morgan fingerprint density at radius 2 is 1.38 bits per heavy atom. The van der Waals surface area contributed by atoms with Crippen molar-refractivity contribution >= 4 is 0 Å². The summed E-state index contributed by atoms with van der Waals surface area (Å²) in [5, 5.41) is 9.48. The molecule has 1 N–H and O–H groups in total. The van der Waals surface area contributed by atoms with Crippen molar-refractivity contribution in [3.05, 3.63) is 0 Å². The maximum atomic E-state index is 9.48. The Kier molecular flexibility index (Phi) is 0.618. The molecule has 1 nitrogen and oxygen atoms in total. The molecule has 13 heavy (non-hydrogen) atoms. The number of fused-ring (bicyclic) bond motifs is 3. The number of aliphatic hydroxyl groups is 1. The Bertz CT molecular complexity index is 307. The molecule has 2 atom stereocenters. The molecule has 5 rings (SSSR count). The van der Waals surface area contributed by atoms with E-state index in [9.17, 15) is 5.11 Å². The SMILES string of the molecule is OCC1C2(CC23CC3)C12CC21CC1. The molecule has 0 aromatic carbocycles. The average Bonchev–Trinajstić information content (AvgIpc) is 2.95. The summed E-state index contributed by atoms with van der Waals surface area (Å²) in [5.74, 6) is 0.755. The molecule has 0 aromatic heterocycles. The summed E-state index contributed by atoms with van der Waals surface area (Å²) in [7, 11) is 0. The van der Waals surface area contributed by atoms with E-state index in [2.05, 4.69) is 0 Å². The van der Waals surface area contributed by atoms with Gasteiger partial charge in [-0.3, -0.25) is 0 Å². The molecule has 1 heteroatoms. The molecule has 0 bridgehead atoms. The summed E-state index contributed by atoms with van der Waals surface area (Å²) in [6.07, 6.45) is 9.02. The lowest BCUT2D eigenvalue weighted by molar-refractivity contribution is 0.257. The van der Waals surface area contributed by atoms with Gasteiger partial charge in [0.25, 0.3) is 0 Å². The summed E-state index contributed by atoms with van der Waals surface area (Å²) in [5.41, 5.74) is 3.08. The molecule has 0 aliphatic heterocycles. The van der Waals surface area contributed by atoms with Gasteiger partial charge in [0.1, 0.15) is 0 Å². The zero-order valence-corrected chi connectivity index (χ0v) is 7.97. The molecular weight excluding hydrogens is 160 g/mol. The molecular formula is C12H16O. The fraction of sp³-hybridized carbons (Fsp3) is 1.00. The van der Waals surface area contributed by atoms with E-state index in [1.807, 2.05) is 0 Å². The van der Waals surface area contributed by atoms with Crippen molar-refractivity contribution in [2.24, 2.45) is 27.6 Å². The van der Waals surface area contributed by atoms with Crippen LogP contribution >= 0.6 is 0 Å². The van der Waals surface area contributed by atoms with Gasteiger partial charge in [-0.25, -0.2) is 0 Å². The number of hydrogen-bond acceptors (Lipinski definition) is 1. The molecule has 5 aliphatic carbocycles. The van der Waals surface area contributed by atoms with Crippen molar-refractivity contribution < 1.29 is 5.11 Å². The van der Waals surface area contributed by atoms with Gasteiger partial charge in [-0.1, -0.05) is 0 Å². The second kappa shape index (κ2) is 1.25. The second-order valence-corrected chi connectivity index (χ2v) is 6.59. The highest BCUT2D eigenvalue weighted by Gasteiger charge is 3.05. The van der Waals surface area contributed by atoms with Crippen LogP contribution in [0.25, 0.3) is 0 Å². The maximum Gasteiger partial charge on any atom is 0.0470 e. The largest absolute Gasteiger partial charge is 0.396 e. The van der Waals surface area contributed by atoms with Gasteiger partial charge in [-0.15, -0.1) is 0 Å². The van der Waals surface area contributed by atoms with E-state index < -0.39 is 0 Å². The van der Waals surface area contributed by atoms with Crippen LogP contribution in [0, 0.1) is 27.6 Å². The van der Waals surface area contributed by atoms with Crippen LogP contribution in [-0.2, 0) is 0 Å². The van der Waals surface area contributed by atoms with Crippen LogP contribution in [0.1, 0.15) is 38.5 Å². The molecule has 5 aliphatic rings. The quantitative estimate of drug-likeness (QED) is 0.647. The van der Waals surface area contributed by atoms with Gasteiger partial charge in [0, 0.05) is 6.61 Å². The minimum atomic E-state index is 0.503. The first kappa shape index (κ1) is 6.44. The van der Waals surface area contributed by atoms with Gasteiger partial charge in [-0.05, 0) is 66.1 Å². The summed E-state index contributed by atoms with van der Waals surface area (Å²) in [4.78, 5) is 0. The van der Waals surface area contributed by atoms with Crippen LogP contribution < -0.4 is 0 Å². The predicted octanol–water partition coefficient (Wildman–Crippen LogP) is 1.95. The fourth-order valence-electron chi connectivity index (χ4n) is 5.78. The summed E-state index contributed by atoms with van der Waals surface area (Å²) in [6, 6.07) is 0. The lowest BCUT2D eigenvalue weighted by Gasteiger charge is -1.89. The Labute approximate surface area is 78.5 Å². The highest BCUT2D eigenvalue weighted by molar-refractivity contribution is 5.52. The van der Waals surface area contributed by atoms with E-state index in [1.54, 1.807) is 0 Å². The first-order chi connectivity index (χ1) is 6.27. The van der Waals surface area contributed by atoms with Gasteiger partial charge in [0.05, 0.1) is 0 Å². The number of rotatable bonds is 1. The van der Waals surface area contributed by atoms with E-state index in [4.69, 9.17) is 0 Å². The van der Waals surface area contributed by atoms with Crippen LogP contribution in [0.3, 0.4) is 0 Å². The maximum absolute atomic E-state index is 9.48. The highest BCUT2D eigenvalue weighted by atomic mass is 16.3. The Morgan fingerprint density at radius 1 is 0.923 bits per heavy atom. The molecule has 4 spiro atoms. The Morgan fingerprint density at radius 3 is 1.62 bits per heavy atom. The van der Waals surface area contributed by atoms with Gasteiger partial charge < -0.3 is 5.11 Å². The van der Waals surface area contributed by atoms with Crippen molar-refractivity contribution in [2.75, 3.05) is 6.61 Å². The Balaban J connectivity index is 1.63. The average molecular weight is 176 g/mol. The zero-order valence-electron chi connectivity index (χ0n) is 7.97. The molecule has 70 valence electrons. The summed E-state index contributed by atoms with van der Waals surface area (Å²) in [6.45, 7) is 0.503. The van der Waals surface area contributed by atoms with Gasteiger partial charge in [0.2, 0.25) is 0 Å². The van der Waals surface area contributed by atoms with Crippen LogP contribution in [0.5, 0.6) is 0 Å². The molecule has 5 saturated carbocycles. The molecule has 0 heterocycles. The third kappa shape index (κ3) is 0.366. The lowest BCUT2D eigenvalue weighted by Crippen LogP contribution is -1.90. The normalized spacial score (nSPS) is 64.8. The van der Waals surface area contributed by atoms with Crippen LogP contribution in [0.4, 0.5) is 0 Å². The van der Waals surface area contributed by atoms with E-state index >= 15 is 0 Å². The first-order valence-corrected chi connectivity index (χ1v) is 5.88. The molecule has 0 aromatic rings. The Hall–Kier alpha value is -0.0400. The van der Waals surface area contributed by atoms with Crippen molar-refractivity contribution in [1.82, 2.24) is 0 Å². The summed E-state index contributed by atoms with van der Waals surface area (Å²) >= 11 is 0. The van der Waals surface area contributed by atoms with Crippen LogP contribution in [-0.4, -0.2) is 11.7 Å². The first-order valence-electron chi connectivity index (χ1n) is 5.88. The van der Waals surface area contributed by atoms with Crippen molar-refractivity contribution in [3.63, 3.8) is 0 Å². The standard InChI is InChI=1S/C12H16O/c13-5-8-11(6-9(11)1-2-9)12(8)7-10(12)3-4-10/h8,13H,1-7H2. The van der Waals surface area contributed by atoms with E-state index in [1.165, 1.54) is 38.5 Å². The molecule has 0 amide bonds. The minimum absolute atomic E-state index is 0.503. The molecule has 5 fully saturated rings. The van der Waals surface area contributed by atoms with Gasteiger partial charge in [0.15, 0.2) is 0 Å². The van der Waals surface area contributed by atoms with Gasteiger partial charge in [-0.2, -0.15) is 0 Å². The van der Waals surface area contributed by atoms with Crippen LogP contribution in [0.15, 0.2) is 0 Å². The zero-order chi connectivity index (χ0) is 8.53. The predicted molar refractivity (Wildman–Crippen MR) is 48.0 cm³/mol. The van der Waals surface area contributed by atoms with E-state index in [-0.39, 0.29) is 0 Å². The van der Waals surface area contributed by atoms with Crippen molar-refractivity contribution in [1.29, 1.82) is 0 Å².